The number of amides is 1. The summed E-state index contributed by atoms with van der Waals surface area (Å²) in [5, 5.41) is 11.5. The summed E-state index contributed by atoms with van der Waals surface area (Å²) in [6.07, 6.45) is 4.62. The van der Waals surface area contributed by atoms with Crippen LogP contribution in [0.25, 0.3) is 0 Å². The molecule has 6 nitrogen and oxygen atoms in total. The van der Waals surface area contributed by atoms with Crippen LogP contribution in [0.3, 0.4) is 0 Å². The maximum absolute atomic E-state index is 11.3. The molecule has 0 unspecified atom stereocenters. The Morgan fingerprint density at radius 1 is 1.47 bits per heavy atom. The molecule has 1 aliphatic carbocycles. The van der Waals surface area contributed by atoms with Crippen LogP contribution in [0.2, 0.25) is 0 Å². The van der Waals surface area contributed by atoms with E-state index in [1.165, 1.54) is 18.5 Å². The molecule has 0 spiro atoms. The van der Waals surface area contributed by atoms with Gasteiger partial charge in [0.05, 0.1) is 11.8 Å². The summed E-state index contributed by atoms with van der Waals surface area (Å²) in [5.41, 5.74) is 0.0325. The van der Waals surface area contributed by atoms with E-state index in [9.17, 15) is 9.59 Å². The topological polar surface area (TPSA) is 88.5 Å². The number of ether oxygens (including phenoxy) is 1. The molecule has 2 rings (SSSR count). The Hall–Kier alpha value is -2.11. The summed E-state index contributed by atoms with van der Waals surface area (Å²) in [7, 11) is 0. The summed E-state index contributed by atoms with van der Waals surface area (Å²) in [6, 6.07) is 1.62. The Bertz CT molecular complexity index is 443. The van der Waals surface area contributed by atoms with E-state index in [0.717, 1.165) is 12.8 Å². The third-order valence-corrected chi connectivity index (χ3v) is 2.27. The summed E-state index contributed by atoms with van der Waals surface area (Å²) in [6.45, 7) is -0.124. The van der Waals surface area contributed by atoms with Gasteiger partial charge in [-0.05, 0) is 18.9 Å². The zero-order valence-corrected chi connectivity index (χ0v) is 9.05. The van der Waals surface area contributed by atoms with Gasteiger partial charge in [-0.2, -0.15) is 0 Å². The van der Waals surface area contributed by atoms with Gasteiger partial charge >= 0.3 is 5.97 Å². The van der Waals surface area contributed by atoms with Crippen LogP contribution in [-0.2, 0) is 4.79 Å². The smallest absolute Gasteiger partial charge is 0.337 e. The normalized spacial score (nSPS) is 14.1. The highest BCUT2D eigenvalue weighted by Gasteiger charge is 2.23. The molecule has 0 aliphatic heterocycles. The van der Waals surface area contributed by atoms with Gasteiger partial charge in [0.2, 0.25) is 0 Å². The van der Waals surface area contributed by atoms with Gasteiger partial charge in [0, 0.05) is 12.2 Å². The van der Waals surface area contributed by atoms with E-state index >= 15 is 0 Å². The molecular weight excluding hydrogens is 224 g/mol. The van der Waals surface area contributed by atoms with Gasteiger partial charge in [-0.25, -0.2) is 4.79 Å². The van der Waals surface area contributed by atoms with Crippen molar-refractivity contribution >= 4 is 11.9 Å². The maximum atomic E-state index is 11.3. The number of nitrogens with zero attached hydrogens (tertiary/aromatic N) is 1. The highest BCUT2D eigenvalue weighted by molar-refractivity contribution is 5.87. The van der Waals surface area contributed by atoms with Crippen LogP contribution in [0.4, 0.5) is 0 Å². The average Bonchev–Trinajstić information content (AvgIpc) is 3.11. The van der Waals surface area contributed by atoms with Crippen molar-refractivity contribution in [2.45, 2.75) is 18.9 Å². The van der Waals surface area contributed by atoms with Crippen LogP contribution >= 0.6 is 0 Å². The fourth-order valence-electron chi connectivity index (χ4n) is 1.26. The molecule has 90 valence electrons. The van der Waals surface area contributed by atoms with Crippen LogP contribution in [-0.4, -0.2) is 34.6 Å². The monoisotopic (exact) mass is 236 g/mol. The number of aromatic carboxylic acids is 1. The summed E-state index contributed by atoms with van der Waals surface area (Å²) >= 11 is 0. The Balaban J connectivity index is 1.87. The lowest BCUT2D eigenvalue weighted by atomic mass is 10.3. The van der Waals surface area contributed by atoms with E-state index in [2.05, 4.69) is 10.3 Å². The number of pyridine rings is 1. The Labute approximate surface area is 97.6 Å². The van der Waals surface area contributed by atoms with Crippen LogP contribution in [0, 0.1) is 0 Å². The van der Waals surface area contributed by atoms with Crippen LogP contribution in [0.5, 0.6) is 5.75 Å². The molecule has 6 heteroatoms. The molecule has 1 aromatic rings. The lowest BCUT2D eigenvalue weighted by Crippen LogP contribution is -2.30. The first-order valence-electron chi connectivity index (χ1n) is 5.25. The van der Waals surface area contributed by atoms with Crippen molar-refractivity contribution in [1.29, 1.82) is 0 Å². The number of hydrogen-bond donors (Lipinski definition) is 2. The summed E-state index contributed by atoms with van der Waals surface area (Å²) in [5.74, 6) is -1.01. The third-order valence-electron chi connectivity index (χ3n) is 2.27. The second kappa shape index (κ2) is 4.82. The molecule has 0 atom stereocenters. The maximum Gasteiger partial charge on any atom is 0.337 e. The molecule has 1 heterocycles. The molecule has 1 saturated carbocycles. The van der Waals surface area contributed by atoms with Crippen molar-refractivity contribution < 1.29 is 19.4 Å². The number of carboxylic acid groups (broad SMARTS) is 1. The molecular formula is C11H12N2O4. The van der Waals surface area contributed by atoms with Crippen LogP contribution in [0.1, 0.15) is 23.2 Å². The first-order valence-corrected chi connectivity index (χ1v) is 5.25. The molecule has 1 amide bonds. The van der Waals surface area contributed by atoms with Gasteiger partial charge in [-0.3, -0.25) is 9.78 Å². The molecule has 0 radical (unpaired) electrons. The molecule has 2 N–H and O–H groups in total. The lowest BCUT2D eigenvalue weighted by Gasteiger charge is -2.06. The largest absolute Gasteiger partial charge is 0.482 e. The SMILES string of the molecule is O=C(COc1cncc(C(=O)O)c1)NC1CC1. The van der Waals surface area contributed by atoms with E-state index in [1.54, 1.807) is 0 Å². The van der Waals surface area contributed by atoms with Gasteiger partial charge in [-0.15, -0.1) is 0 Å². The second-order valence-electron chi connectivity index (χ2n) is 3.84. The highest BCUT2D eigenvalue weighted by atomic mass is 16.5. The zero-order valence-electron chi connectivity index (χ0n) is 9.05. The Morgan fingerprint density at radius 2 is 2.24 bits per heavy atom. The van der Waals surface area contributed by atoms with Gasteiger partial charge in [-0.1, -0.05) is 0 Å². The van der Waals surface area contributed by atoms with Crippen molar-refractivity contribution in [3.05, 3.63) is 24.0 Å². The van der Waals surface area contributed by atoms with Crippen molar-refractivity contribution in [3.8, 4) is 5.75 Å². The molecule has 1 aromatic heterocycles. The fraction of sp³-hybridized carbons (Fsp3) is 0.364. The van der Waals surface area contributed by atoms with Gasteiger partial charge in [0.25, 0.3) is 5.91 Å². The minimum absolute atomic E-state index is 0.0325. The molecule has 0 bridgehead atoms. The van der Waals surface area contributed by atoms with E-state index in [4.69, 9.17) is 9.84 Å². The zero-order chi connectivity index (χ0) is 12.3. The number of carbonyl (C=O) groups excluding carboxylic acids is 1. The van der Waals surface area contributed by atoms with Gasteiger partial charge < -0.3 is 15.2 Å². The first-order chi connectivity index (χ1) is 8.15. The summed E-state index contributed by atoms with van der Waals surface area (Å²) in [4.78, 5) is 25.7. The first kappa shape index (κ1) is 11.4. The fourth-order valence-corrected chi connectivity index (χ4v) is 1.26. The number of aromatic nitrogens is 1. The van der Waals surface area contributed by atoms with E-state index in [0.29, 0.717) is 0 Å². The Kier molecular flexibility index (Phi) is 3.22. The molecule has 1 fully saturated rings. The van der Waals surface area contributed by atoms with Crippen molar-refractivity contribution in [2.75, 3.05) is 6.61 Å². The minimum Gasteiger partial charge on any atom is -0.482 e. The Morgan fingerprint density at radius 3 is 2.88 bits per heavy atom. The average molecular weight is 236 g/mol. The van der Waals surface area contributed by atoms with Crippen molar-refractivity contribution in [2.24, 2.45) is 0 Å². The highest BCUT2D eigenvalue weighted by Crippen LogP contribution is 2.18. The van der Waals surface area contributed by atoms with E-state index < -0.39 is 5.97 Å². The predicted molar refractivity (Wildman–Crippen MR) is 57.9 cm³/mol. The quantitative estimate of drug-likeness (QED) is 0.774. The standard InChI is InChI=1S/C11H12N2O4/c14-10(13-8-1-2-8)6-17-9-3-7(11(15)16)4-12-5-9/h3-5,8H,1-2,6H2,(H,13,14)(H,15,16). The number of rotatable bonds is 5. The number of nitrogens with one attached hydrogen (secondary N) is 1. The lowest BCUT2D eigenvalue weighted by molar-refractivity contribution is -0.123. The van der Waals surface area contributed by atoms with Gasteiger partial charge in [0.1, 0.15) is 5.75 Å². The number of carboxylic acids is 1. The van der Waals surface area contributed by atoms with Crippen LogP contribution < -0.4 is 10.1 Å². The third kappa shape index (κ3) is 3.44. The van der Waals surface area contributed by atoms with E-state index in [1.807, 2.05) is 0 Å². The van der Waals surface area contributed by atoms with Crippen molar-refractivity contribution in [3.63, 3.8) is 0 Å². The minimum atomic E-state index is -1.08. The van der Waals surface area contributed by atoms with Crippen LogP contribution in [0.15, 0.2) is 18.5 Å². The predicted octanol–water partition coefficient (Wildman–Crippen LogP) is 0.437. The van der Waals surface area contributed by atoms with Gasteiger partial charge in [0.15, 0.2) is 6.61 Å². The molecule has 0 saturated heterocycles. The molecule has 0 aromatic carbocycles. The second-order valence-corrected chi connectivity index (χ2v) is 3.84. The molecule has 1 aliphatic rings. The van der Waals surface area contributed by atoms with Crippen molar-refractivity contribution in [1.82, 2.24) is 10.3 Å². The van der Waals surface area contributed by atoms with E-state index in [-0.39, 0.29) is 29.9 Å². The summed E-state index contributed by atoms with van der Waals surface area (Å²) < 4.78 is 5.15. The number of carbonyl (C=O) groups is 2. The molecule has 17 heavy (non-hydrogen) atoms. The number of hydrogen-bond acceptors (Lipinski definition) is 4.